The lowest BCUT2D eigenvalue weighted by Crippen LogP contribution is -2.35. The number of rotatable bonds is 7. The van der Waals surface area contributed by atoms with Gasteiger partial charge in [-0.15, -0.1) is 0 Å². The van der Waals surface area contributed by atoms with Crippen molar-refractivity contribution in [2.75, 3.05) is 13.2 Å². The predicted octanol–water partition coefficient (Wildman–Crippen LogP) is 1.96. The molecule has 0 unspecified atom stereocenters. The number of carbonyl (C=O) groups excluding carboxylic acids is 1. The standard InChI is InChI=1S/C14H22N2O2/c1-12-6-5-7-13(10-12)11-16-14(18)15-8-3-2-4-9-17/h5-7,10,17H,2-4,8-9,11H2,1H3,(H2,15,16,18). The SMILES string of the molecule is Cc1cccc(CNC(=O)NCCCCCO)c1. The number of aliphatic hydroxyl groups excluding tert-OH is 1. The number of hydrogen-bond donors (Lipinski definition) is 3. The van der Waals surface area contributed by atoms with Gasteiger partial charge < -0.3 is 15.7 Å². The lowest BCUT2D eigenvalue weighted by Gasteiger charge is -2.08. The van der Waals surface area contributed by atoms with Crippen LogP contribution in [0.1, 0.15) is 30.4 Å². The fraction of sp³-hybridized carbons (Fsp3) is 0.500. The van der Waals surface area contributed by atoms with Gasteiger partial charge in [0.2, 0.25) is 0 Å². The minimum Gasteiger partial charge on any atom is -0.396 e. The summed E-state index contributed by atoms with van der Waals surface area (Å²) in [6, 6.07) is 7.93. The molecule has 4 heteroatoms. The molecule has 2 amide bonds. The number of unbranched alkanes of at least 4 members (excludes halogenated alkanes) is 2. The van der Waals surface area contributed by atoms with Gasteiger partial charge in [-0.25, -0.2) is 4.79 Å². The summed E-state index contributed by atoms with van der Waals surface area (Å²) in [4.78, 5) is 11.5. The van der Waals surface area contributed by atoms with Crippen LogP contribution in [0.25, 0.3) is 0 Å². The maximum Gasteiger partial charge on any atom is 0.315 e. The van der Waals surface area contributed by atoms with Crippen LogP contribution in [0.5, 0.6) is 0 Å². The molecule has 0 aliphatic carbocycles. The van der Waals surface area contributed by atoms with E-state index in [-0.39, 0.29) is 12.6 Å². The van der Waals surface area contributed by atoms with Crippen molar-refractivity contribution in [1.82, 2.24) is 10.6 Å². The summed E-state index contributed by atoms with van der Waals surface area (Å²) in [5.41, 5.74) is 2.30. The highest BCUT2D eigenvalue weighted by atomic mass is 16.2. The molecule has 4 nitrogen and oxygen atoms in total. The predicted molar refractivity (Wildman–Crippen MR) is 72.4 cm³/mol. The van der Waals surface area contributed by atoms with E-state index >= 15 is 0 Å². The Morgan fingerprint density at radius 2 is 2.06 bits per heavy atom. The molecule has 1 aromatic carbocycles. The second-order valence-electron chi connectivity index (χ2n) is 4.38. The third kappa shape index (κ3) is 6.25. The number of hydrogen-bond acceptors (Lipinski definition) is 2. The van der Waals surface area contributed by atoms with Crippen LogP contribution in [0.3, 0.4) is 0 Å². The summed E-state index contributed by atoms with van der Waals surface area (Å²) < 4.78 is 0. The molecule has 18 heavy (non-hydrogen) atoms. The van der Waals surface area contributed by atoms with Gasteiger partial charge in [0.25, 0.3) is 0 Å². The molecule has 0 aromatic heterocycles. The van der Waals surface area contributed by atoms with Gasteiger partial charge in [0.15, 0.2) is 0 Å². The van der Waals surface area contributed by atoms with Crippen molar-refractivity contribution in [2.24, 2.45) is 0 Å². The number of amides is 2. The first kappa shape index (κ1) is 14.5. The van der Waals surface area contributed by atoms with E-state index in [0.29, 0.717) is 13.1 Å². The van der Waals surface area contributed by atoms with Gasteiger partial charge >= 0.3 is 6.03 Å². The molecule has 0 spiro atoms. The summed E-state index contributed by atoms with van der Waals surface area (Å²) in [7, 11) is 0. The Labute approximate surface area is 108 Å². The minimum atomic E-state index is -0.138. The second kappa shape index (κ2) is 8.53. The molecule has 3 N–H and O–H groups in total. The van der Waals surface area contributed by atoms with E-state index in [1.807, 2.05) is 25.1 Å². The van der Waals surface area contributed by atoms with E-state index in [2.05, 4.69) is 16.7 Å². The van der Waals surface area contributed by atoms with Crippen LogP contribution < -0.4 is 10.6 Å². The highest BCUT2D eigenvalue weighted by Gasteiger charge is 1.99. The molecule has 0 fully saturated rings. The Hall–Kier alpha value is -1.55. The smallest absolute Gasteiger partial charge is 0.315 e. The molecular weight excluding hydrogens is 228 g/mol. The number of carbonyl (C=O) groups is 1. The molecule has 100 valence electrons. The number of benzene rings is 1. The third-order valence-electron chi connectivity index (χ3n) is 2.66. The van der Waals surface area contributed by atoms with E-state index in [4.69, 9.17) is 5.11 Å². The average molecular weight is 250 g/mol. The first-order valence-corrected chi connectivity index (χ1v) is 6.40. The zero-order chi connectivity index (χ0) is 13.2. The normalized spacial score (nSPS) is 10.1. The monoisotopic (exact) mass is 250 g/mol. The van der Waals surface area contributed by atoms with Gasteiger partial charge in [-0.2, -0.15) is 0 Å². The fourth-order valence-corrected chi connectivity index (χ4v) is 1.68. The lowest BCUT2D eigenvalue weighted by atomic mass is 10.1. The Balaban J connectivity index is 2.13. The minimum absolute atomic E-state index is 0.138. The maximum absolute atomic E-state index is 11.5. The van der Waals surface area contributed by atoms with Gasteiger partial charge in [-0.05, 0) is 31.7 Å². The van der Waals surface area contributed by atoms with E-state index in [0.717, 1.165) is 24.8 Å². The van der Waals surface area contributed by atoms with Crippen molar-refractivity contribution in [1.29, 1.82) is 0 Å². The summed E-state index contributed by atoms with van der Waals surface area (Å²) in [5, 5.41) is 14.2. The highest BCUT2D eigenvalue weighted by molar-refractivity contribution is 5.73. The van der Waals surface area contributed by atoms with Crippen molar-refractivity contribution in [3.63, 3.8) is 0 Å². The molecule has 0 aliphatic heterocycles. The largest absolute Gasteiger partial charge is 0.396 e. The first-order chi connectivity index (χ1) is 8.72. The molecule has 0 saturated heterocycles. The van der Waals surface area contributed by atoms with Gasteiger partial charge in [-0.3, -0.25) is 0 Å². The molecule has 0 radical (unpaired) electrons. The van der Waals surface area contributed by atoms with Crippen molar-refractivity contribution < 1.29 is 9.90 Å². The van der Waals surface area contributed by atoms with Crippen LogP contribution in [0.4, 0.5) is 4.79 Å². The van der Waals surface area contributed by atoms with Gasteiger partial charge in [0.05, 0.1) is 0 Å². The fourth-order valence-electron chi connectivity index (χ4n) is 1.68. The molecule has 1 rings (SSSR count). The average Bonchev–Trinajstić information content (AvgIpc) is 2.36. The second-order valence-corrected chi connectivity index (χ2v) is 4.38. The van der Waals surface area contributed by atoms with Gasteiger partial charge in [-0.1, -0.05) is 29.8 Å². The zero-order valence-corrected chi connectivity index (χ0v) is 10.9. The lowest BCUT2D eigenvalue weighted by molar-refractivity contribution is 0.240. The molecule has 0 bridgehead atoms. The number of nitrogens with one attached hydrogen (secondary N) is 2. The van der Waals surface area contributed by atoms with Crippen LogP contribution in [0.2, 0.25) is 0 Å². The van der Waals surface area contributed by atoms with Crippen LogP contribution in [0, 0.1) is 6.92 Å². The van der Waals surface area contributed by atoms with E-state index in [1.54, 1.807) is 0 Å². The summed E-state index contributed by atoms with van der Waals surface area (Å²) in [5.74, 6) is 0. The quantitative estimate of drug-likeness (QED) is 0.648. The summed E-state index contributed by atoms with van der Waals surface area (Å²) in [6.07, 6.45) is 2.64. The molecule has 0 aliphatic rings. The van der Waals surface area contributed by atoms with Crippen LogP contribution in [0.15, 0.2) is 24.3 Å². The summed E-state index contributed by atoms with van der Waals surface area (Å²) >= 11 is 0. The molecular formula is C14H22N2O2. The summed E-state index contributed by atoms with van der Waals surface area (Å²) in [6.45, 7) is 3.45. The van der Waals surface area contributed by atoms with Crippen LogP contribution in [-0.2, 0) is 6.54 Å². The van der Waals surface area contributed by atoms with Gasteiger partial charge in [0, 0.05) is 19.7 Å². The molecule has 0 heterocycles. The van der Waals surface area contributed by atoms with Crippen molar-refractivity contribution >= 4 is 6.03 Å². The Kier molecular flexibility index (Phi) is 6.87. The Morgan fingerprint density at radius 1 is 1.22 bits per heavy atom. The Bertz CT molecular complexity index is 367. The maximum atomic E-state index is 11.5. The van der Waals surface area contributed by atoms with E-state index < -0.39 is 0 Å². The number of urea groups is 1. The molecule has 1 aromatic rings. The van der Waals surface area contributed by atoms with E-state index in [9.17, 15) is 4.79 Å². The molecule has 0 saturated carbocycles. The Morgan fingerprint density at radius 3 is 2.78 bits per heavy atom. The topological polar surface area (TPSA) is 61.4 Å². The third-order valence-corrected chi connectivity index (χ3v) is 2.66. The highest BCUT2D eigenvalue weighted by Crippen LogP contribution is 2.02. The van der Waals surface area contributed by atoms with Crippen LogP contribution >= 0.6 is 0 Å². The van der Waals surface area contributed by atoms with Crippen molar-refractivity contribution in [3.8, 4) is 0 Å². The van der Waals surface area contributed by atoms with Gasteiger partial charge in [0.1, 0.15) is 0 Å². The van der Waals surface area contributed by atoms with Crippen LogP contribution in [-0.4, -0.2) is 24.3 Å². The first-order valence-electron chi connectivity index (χ1n) is 6.40. The zero-order valence-electron chi connectivity index (χ0n) is 10.9. The molecule has 0 atom stereocenters. The van der Waals surface area contributed by atoms with Crippen molar-refractivity contribution in [2.45, 2.75) is 32.7 Å². The van der Waals surface area contributed by atoms with Crippen molar-refractivity contribution in [3.05, 3.63) is 35.4 Å². The number of aryl methyl sites for hydroxylation is 1. The number of aliphatic hydroxyl groups is 1. The van der Waals surface area contributed by atoms with E-state index in [1.165, 1.54) is 5.56 Å².